The number of hydrogen-bond donors (Lipinski definition) is 1. The van der Waals surface area contributed by atoms with Gasteiger partial charge in [0.05, 0.1) is 16.7 Å². The Morgan fingerprint density at radius 3 is 2.64 bits per heavy atom. The molecule has 0 saturated heterocycles. The number of hydrogen-bond acceptors (Lipinski definition) is 4. The summed E-state index contributed by atoms with van der Waals surface area (Å²) in [4.78, 5) is 22.9. The molecule has 3 rings (SSSR count). The SMILES string of the molecule is CCC(=O)N1NC(c2ccc(Br)cc2)=C[C@@H]1c1cccc([N+](=O)[O-])c1. The van der Waals surface area contributed by atoms with Gasteiger partial charge in [0, 0.05) is 23.0 Å². The van der Waals surface area contributed by atoms with Crippen LogP contribution in [-0.4, -0.2) is 15.8 Å². The molecule has 2 aromatic carbocycles. The molecule has 2 aromatic rings. The normalized spacial score (nSPS) is 16.3. The summed E-state index contributed by atoms with van der Waals surface area (Å²) < 4.78 is 0.964. The van der Waals surface area contributed by atoms with Crippen LogP contribution in [0.4, 0.5) is 5.69 Å². The van der Waals surface area contributed by atoms with Gasteiger partial charge in [0.1, 0.15) is 0 Å². The first-order valence-corrected chi connectivity index (χ1v) is 8.59. The number of nitro groups is 1. The van der Waals surface area contributed by atoms with Crippen molar-refractivity contribution in [2.45, 2.75) is 19.4 Å². The van der Waals surface area contributed by atoms with Gasteiger partial charge in [-0.1, -0.05) is 47.1 Å². The molecule has 1 aliphatic heterocycles. The highest BCUT2D eigenvalue weighted by Gasteiger charge is 2.30. The van der Waals surface area contributed by atoms with Crippen LogP contribution >= 0.6 is 15.9 Å². The van der Waals surface area contributed by atoms with E-state index in [1.54, 1.807) is 19.1 Å². The summed E-state index contributed by atoms with van der Waals surface area (Å²) in [5.41, 5.74) is 5.56. The van der Waals surface area contributed by atoms with Gasteiger partial charge in [0.25, 0.3) is 5.69 Å². The van der Waals surface area contributed by atoms with Gasteiger partial charge in [-0.2, -0.15) is 0 Å². The summed E-state index contributed by atoms with van der Waals surface area (Å²) in [5.74, 6) is -0.0835. The van der Waals surface area contributed by atoms with Crippen molar-refractivity contribution in [1.29, 1.82) is 0 Å². The molecule has 0 fully saturated rings. The largest absolute Gasteiger partial charge is 0.295 e. The zero-order valence-electron chi connectivity index (χ0n) is 13.5. The minimum absolute atomic E-state index is 0.00638. The number of carbonyl (C=O) groups is 1. The summed E-state index contributed by atoms with van der Waals surface area (Å²) in [6.07, 6.45) is 2.25. The number of benzene rings is 2. The molecule has 0 unspecified atom stereocenters. The van der Waals surface area contributed by atoms with Gasteiger partial charge in [-0.05, 0) is 29.3 Å². The molecule has 0 radical (unpaired) electrons. The second-order valence-corrected chi connectivity index (χ2v) is 6.53. The van der Waals surface area contributed by atoms with E-state index in [9.17, 15) is 14.9 Å². The fraction of sp³-hybridized carbons (Fsp3) is 0.167. The first-order chi connectivity index (χ1) is 12.0. The molecule has 1 heterocycles. The second kappa shape index (κ2) is 7.06. The molecular weight excluding hydrogens is 386 g/mol. The van der Waals surface area contributed by atoms with E-state index in [2.05, 4.69) is 21.4 Å². The smallest absolute Gasteiger partial charge is 0.269 e. The van der Waals surface area contributed by atoms with E-state index in [4.69, 9.17) is 0 Å². The average Bonchev–Trinajstić information content (AvgIpc) is 3.07. The predicted molar refractivity (Wildman–Crippen MR) is 98.2 cm³/mol. The summed E-state index contributed by atoms with van der Waals surface area (Å²) >= 11 is 3.40. The third-order valence-corrected chi connectivity index (χ3v) is 4.52. The Labute approximate surface area is 153 Å². The van der Waals surface area contributed by atoms with Gasteiger partial charge in [0.15, 0.2) is 0 Å². The Kier molecular flexibility index (Phi) is 4.85. The van der Waals surface area contributed by atoms with E-state index in [0.29, 0.717) is 12.0 Å². The first-order valence-electron chi connectivity index (χ1n) is 7.80. The Bertz CT molecular complexity index is 849. The Balaban J connectivity index is 2.00. The van der Waals surface area contributed by atoms with Crippen molar-refractivity contribution in [2.75, 3.05) is 0 Å². The van der Waals surface area contributed by atoms with Gasteiger partial charge >= 0.3 is 0 Å². The number of nitro benzene ring substituents is 1. The van der Waals surface area contributed by atoms with E-state index >= 15 is 0 Å². The van der Waals surface area contributed by atoms with Gasteiger partial charge in [-0.3, -0.25) is 20.3 Å². The summed E-state index contributed by atoms with van der Waals surface area (Å²) in [6.45, 7) is 1.78. The fourth-order valence-corrected chi connectivity index (χ4v) is 2.98. The first kappa shape index (κ1) is 17.2. The Hall–Kier alpha value is -2.67. The molecule has 6 nitrogen and oxygen atoms in total. The lowest BCUT2D eigenvalue weighted by atomic mass is 10.0. The van der Waals surface area contributed by atoms with Crippen LogP contribution in [-0.2, 0) is 4.79 Å². The van der Waals surface area contributed by atoms with Crippen LogP contribution in [0.3, 0.4) is 0 Å². The van der Waals surface area contributed by atoms with E-state index < -0.39 is 11.0 Å². The maximum Gasteiger partial charge on any atom is 0.269 e. The van der Waals surface area contributed by atoms with Gasteiger partial charge in [-0.15, -0.1) is 0 Å². The topological polar surface area (TPSA) is 75.5 Å². The maximum absolute atomic E-state index is 12.3. The van der Waals surface area contributed by atoms with Crippen molar-refractivity contribution in [3.8, 4) is 0 Å². The van der Waals surface area contributed by atoms with Crippen LogP contribution in [0.1, 0.15) is 30.5 Å². The van der Waals surface area contributed by atoms with Gasteiger partial charge in [0.2, 0.25) is 5.91 Å². The molecule has 7 heteroatoms. The van der Waals surface area contributed by atoms with Crippen molar-refractivity contribution >= 4 is 33.2 Å². The lowest BCUT2D eigenvalue weighted by Crippen LogP contribution is -2.39. The number of nitrogens with one attached hydrogen (secondary N) is 1. The summed E-state index contributed by atoms with van der Waals surface area (Å²) in [7, 11) is 0. The summed E-state index contributed by atoms with van der Waals surface area (Å²) in [5, 5.41) is 12.6. The molecule has 25 heavy (non-hydrogen) atoms. The van der Waals surface area contributed by atoms with Crippen LogP contribution in [0.2, 0.25) is 0 Å². The van der Waals surface area contributed by atoms with Gasteiger partial charge < -0.3 is 0 Å². The van der Waals surface area contributed by atoms with Crippen LogP contribution < -0.4 is 5.43 Å². The minimum Gasteiger partial charge on any atom is -0.295 e. The third kappa shape index (κ3) is 3.56. The highest BCUT2D eigenvalue weighted by atomic mass is 79.9. The second-order valence-electron chi connectivity index (χ2n) is 5.61. The number of nitrogens with zero attached hydrogens (tertiary/aromatic N) is 2. The number of non-ortho nitro benzene ring substituents is 1. The number of hydrazine groups is 1. The molecule has 0 aromatic heterocycles. The van der Waals surface area contributed by atoms with Crippen LogP contribution in [0.15, 0.2) is 59.1 Å². The lowest BCUT2D eigenvalue weighted by Gasteiger charge is -2.25. The highest BCUT2D eigenvalue weighted by Crippen LogP contribution is 2.33. The van der Waals surface area contributed by atoms with E-state index in [0.717, 1.165) is 15.7 Å². The molecule has 1 atom stereocenters. The van der Waals surface area contributed by atoms with Crippen LogP contribution in [0.25, 0.3) is 5.70 Å². The fourth-order valence-electron chi connectivity index (χ4n) is 2.71. The molecule has 1 amide bonds. The Morgan fingerprint density at radius 1 is 1.28 bits per heavy atom. The monoisotopic (exact) mass is 401 g/mol. The number of carbonyl (C=O) groups excluding carboxylic acids is 1. The zero-order valence-corrected chi connectivity index (χ0v) is 15.1. The van der Waals surface area contributed by atoms with Crippen molar-refractivity contribution in [3.63, 3.8) is 0 Å². The van der Waals surface area contributed by atoms with Crippen molar-refractivity contribution in [3.05, 3.63) is 80.3 Å². The number of rotatable bonds is 4. The van der Waals surface area contributed by atoms with Crippen LogP contribution in [0.5, 0.6) is 0 Å². The van der Waals surface area contributed by atoms with Crippen LogP contribution in [0, 0.1) is 10.1 Å². The number of halogens is 1. The van der Waals surface area contributed by atoms with Crippen molar-refractivity contribution in [2.24, 2.45) is 0 Å². The quantitative estimate of drug-likeness (QED) is 0.615. The maximum atomic E-state index is 12.3. The molecule has 1 N–H and O–H groups in total. The molecular formula is C18H16BrN3O3. The zero-order chi connectivity index (χ0) is 18.0. The summed E-state index contributed by atoms with van der Waals surface area (Å²) in [6, 6.07) is 13.7. The van der Waals surface area contributed by atoms with Gasteiger partial charge in [-0.25, -0.2) is 5.01 Å². The van der Waals surface area contributed by atoms with E-state index in [-0.39, 0.29) is 11.6 Å². The molecule has 0 saturated carbocycles. The van der Waals surface area contributed by atoms with Crippen molar-refractivity contribution in [1.82, 2.24) is 10.4 Å². The standard InChI is InChI=1S/C18H16BrN3O3/c1-2-18(23)21-17(13-4-3-5-15(10-13)22(24)25)11-16(20-21)12-6-8-14(19)9-7-12/h3-11,17,20H,2H2,1H3/t17-/m1/s1. The van der Waals surface area contributed by atoms with E-state index in [1.807, 2.05) is 30.3 Å². The Morgan fingerprint density at radius 2 is 2.00 bits per heavy atom. The highest BCUT2D eigenvalue weighted by molar-refractivity contribution is 9.10. The average molecular weight is 402 g/mol. The molecule has 0 spiro atoms. The molecule has 1 aliphatic rings. The minimum atomic E-state index is -0.433. The van der Waals surface area contributed by atoms with Crippen molar-refractivity contribution < 1.29 is 9.72 Å². The molecule has 128 valence electrons. The third-order valence-electron chi connectivity index (χ3n) is 3.99. The molecule has 0 aliphatic carbocycles. The number of amides is 1. The predicted octanol–water partition coefficient (Wildman–Crippen LogP) is 4.20. The van der Waals surface area contributed by atoms with E-state index in [1.165, 1.54) is 17.1 Å². The lowest BCUT2D eigenvalue weighted by molar-refractivity contribution is -0.384. The molecule has 0 bridgehead atoms.